The van der Waals surface area contributed by atoms with Gasteiger partial charge >= 0.3 is 0 Å². The molecule has 1 unspecified atom stereocenters. The molecule has 1 N–H and O–H groups in total. The third-order valence-electron chi connectivity index (χ3n) is 3.18. The van der Waals surface area contributed by atoms with Crippen molar-refractivity contribution < 1.29 is 9.84 Å². The number of unbranched alkanes of at least 4 members (excludes halogenated alkanes) is 1. The normalized spacial score (nSPS) is 30.4. The van der Waals surface area contributed by atoms with Crippen LogP contribution < -0.4 is 0 Å². The molecule has 0 saturated carbocycles. The van der Waals surface area contributed by atoms with E-state index in [1.807, 2.05) is 25.2 Å². The molecule has 1 saturated heterocycles. The zero-order valence-corrected chi connectivity index (χ0v) is 11.8. The van der Waals surface area contributed by atoms with Crippen molar-refractivity contribution in [1.82, 2.24) is 0 Å². The number of aliphatic hydroxyl groups excluding tert-OH is 1. The average Bonchev–Trinajstić information content (AvgIpc) is 2.33. The van der Waals surface area contributed by atoms with E-state index in [2.05, 4.69) is 26.0 Å². The van der Waals surface area contributed by atoms with Crippen LogP contribution in [0.15, 0.2) is 36.0 Å². The summed E-state index contributed by atoms with van der Waals surface area (Å²) in [6.07, 6.45) is 12.9. The van der Waals surface area contributed by atoms with Crippen molar-refractivity contribution in [2.75, 3.05) is 6.61 Å². The number of hydrogen-bond acceptors (Lipinski definition) is 2. The Kier molecular flexibility index (Phi) is 6.99. The molecule has 2 nitrogen and oxygen atoms in total. The molecule has 0 radical (unpaired) electrons. The van der Waals surface area contributed by atoms with Gasteiger partial charge in [0.15, 0.2) is 0 Å². The Morgan fingerprint density at radius 3 is 2.78 bits per heavy atom. The monoisotopic (exact) mass is 250 g/mol. The van der Waals surface area contributed by atoms with E-state index in [9.17, 15) is 5.11 Å². The first-order chi connectivity index (χ1) is 8.65. The molecular formula is C16H26O2. The lowest BCUT2D eigenvalue weighted by atomic mass is 9.93. The molecule has 0 spiro atoms. The van der Waals surface area contributed by atoms with Crippen molar-refractivity contribution in [2.24, 2.45) is 5.92 Å². The molecule has 1 aliphatic heterocycles. The Morgan fingerprint density at radius 2 is 2.11 bits per heavy atom. The summed E-state index contributed by atoms with van der Waals surface area (Å²) in [6, 6.07) is 0. The fraction of sp³-hybridized carbons (Fsp3) is 0.625. The van der Waals surface area contributed by atoms with Crippen LogP contribution in [0, 0.1) is 5.92 Å². The summed E-state index contributed by atoms with van der Waals surface area (Å²) in [4.78, 5) is 0. The molecule has 0 aliphatic carbocycles. The zero-order valence-electron chi connectivity index (χ0n) is 11.8. The molecule has 2 heteroatoms. The second-order valence-corrected chi connectivity index (χ2v) is 5.17. The van der Waals surface area contributed by atoms with E-state index >= 15 is 0 Å². The second-order valence-electron chi connectivity index (χ2n) is 5.17. The summed E-state index contributed by atoms with van der Waals surface area (Å²) in [5, 5.41) is 9.98. The van der Waals surface area contributed by atoms with Gasteiger partial charge in [-0.1, -0.05) is 50.6 Å². The Morgan fingerprint density at radius 1 is 1.33 bits per heavy atom. The van der Waals surface area contributed by atoms with E-state index in [4.69, 9.17) is 4.74 Å². The van der Waals surface area contributed by atoms with E-state index in [1.165, 1.54) is 6.42 Å². The molecule has 0 bridgehead atoms. The topological polar surface area (TPSA) is 29.5 Å². The van der Waals surface area contributed by atoms with Crippen LogP contribution in [0.3, 0.4) is 0 Å². The minimum atomic E-state index is -0.367. The van der Waals surface area contributed by atoms with Crippen LogP contribution in [0.25, 0.3) is 0 Å². The Bertz CT molecular complexity index is 315. The first-order valence-corrected chi connectivity index (χ1v) is 6.94. The van der Waals surface area contributed by atoms with Gasteiger partial charge in [0.2, 0.25) is 0 Å². The smallest absolute Gasteiger partial charge is 0.104 e. The largest absolute Gasteiger partial charge is 0.390 e. The molecule has 3 atom stereocenters. The highest BCUT2D eigenvalue weighted by Crippen LogP contribution is 2.23. The summed E-state index contributed by atoms with van der Waals surface area (Å²) in [5.74, 6) is 0.455. The quantitative estimate of drug-likeness (QED) is 0.755. The minimum Gasteiger partial charge on any atom is -0.390 e. The van der Waals surface area contributed by atoms with Crippen LogP contribution in [-0.4, -0.2) is 23.9 Å². The van der Waals surface area contributed by atoms with Crippen LogP contribution in [0.2, 0.25) is 0 Å². The van der Waals surface area contributed by atoms with Gasteiger partial charge in [-0.2, -0.15) is 0 Å². The van der Waals surface area contributed by atoms with Gasteiger partial charge < -0.3 is 9.84 Å². The number of hydrogen-bond donors (Lipinski definition) is 1. The van der Waals surface area contributed by atoms with Crippen molar-refractivity contribution in [1.29, 1.82) is 0 Å². The van der Waals surface area contributed by atoms with Crippen molar-refractivity contribution in [2.45, 2.75) is 52.2 Å². The van der Waals surface area contributed by atoms with Gasteiger partial charge in [0, 0.05) is 0 Å². The van der Waals surface area contributed by atoms with Crippen LogP contribution >= 0.6 is 0 Å². The summed E-state index contributed by atoms with van der Waals surface area (Å²) >= 11 is 0. The van der Waals surface area contributed by atoms with Crippen LogP contribution in [0.1, 0.15) is 40.0 Å². The zero-order chi connectivity index (χ0) is 13.4. The van der Waals surface area contributed by atoms with E-state index < -0.39 is 0 Å². The van der Waals surface area contributed by atoms with Gasteiger partial charge in [-0.3, -0.25) is 0 Å². The molecule has 1 rings (SSSR count). The first kappa shape index (κ1) is 15.2. The van der Waals surface area contributed by atoms with Crippen LogP contribution in [0.4, 0.5) is 0 Å². The fourth-order valence-electron chi connectivity index (χ4n) is 2.13. The van der Waals surface area contributed by atoms with Gasteiger partial charge in [-0.15, -0.1) is 0 Å². The van der Waals surface area contributed by atoms with Crippen LogP contribution in [-0.2, 0) is 4.74 Å². The summed E-state index contributed by atoms with van der Waals surface area (Å²) in [7, 11) is 0. The lowest BCUT2D eigenvalue weighted by Gasteiger charge is -2.32. The molecule has 102 valence electrons. The fourth-order valence-corrected chi connectivity index (χ4v) is 2.13. The average molecular weight is 250 g/mol. The molecular weight excluding hydrogens is 224 g/mol. The van der Waals surface area contributed by atoms with Crippen molar-refractivity contribution >= 4 is 0 Å². The molecule has 18 heavy (non-hydrogen) atoms. The third kappa shape index (κ3) is 5.19. The second kappa shape index (κ2) is 8.28. The highest BCUT2D eigenvalue weighted by atomic mass is 16.5. The van der Waals surface area contributed by atoms with Gasteiger partial charge in [0.05, 0.1) is 12.7 Å². The van der Waals surface area contributed by atoms with E-state index in [-0.39, 0.29) is 12.2 Å². The molecule has 0 aromatic rings. The minimum absolute atomic E-state index is 0.134. The van der Waals surface area contributed by atoms with E-state index in [0.717, 1.165) is 25.0 Å². The standard InChI is InChI=1S/C16H26O2/c1-4-5-6-7-8-9-10-14(3)16-15(17)11-13(2)12-18-16/h6-10,13,15-17H,4-5,11-12H2,1-3H3/b7-6+,9-8+,14-10+/t13?,15-,16+/m1/s1. The highest BCUT2D eigenvalue weighted by molar-refractivity contribution is 5.19. The van der Waals surface area contributed by atoms with E-state index in [0.29, 0.717) is 5.92 Å². The molecule has 1 heterocycles. The predicted octanol–water partition coefficient (Wildman–Crippen LogP) is 3.63. The maximum atomic E-state index is 9.98. The lowest BCUT2D eigenvalue weighted by molar-refractivity contribution is -0.0764. The highest BCUT2D eigenvalue weighted by Gasteiger charge is 2.28. The first-order valence-electron chi connectivity index (χ1n) is 6.94. The number of aliphatic hydroxyl groups is 1. The Balaban J connectivity index is 2.45. The number of rotatable bonds is 5. The third-order valence-corrected chi connectivity index (χ3v) is 3.18. The molecule has 1 fully saturated rings. The molecule has 0 aromatic heterocycles. The van der Waals surface area contributed by atoms with Gasteiger partial charge in [0.25, 0.3) is 0 Å². The van der Waals surface area contributed by atoms with E-state index in [1.54, 1.807) is 0 Å². The molecule has 0 aromatic carbocycles. The Hall–Kier alpha value is -0.860. The maximum absolute atomic E-state index is 9.98. The summed E-state index contributed by atoms with van der Waals surface area (Å²) in [5.41, 5.74) is 1.09. The van der Waals surface area contributed by atoms with Crippen molar-refractivity contribution in [3.8, 4) is 0 Å². The SMILES string of the molecule is CCC/C=C/C=C/C=C(\C)[C@@H]1OCC(C)C[C@H]1O. The predicted molar refractivity (Wildman–Crippen MR) is 76.5 cm³/mol. The van der Waals surface area contributed by atoms with Crippen LogP contribution in [0.5, 0.6) is 0 Å². The summed E-state index contributed by atoms with van der Waals surface area (Å²) < 4.78 is 5.69. The van der Waals surface area contributed by atoms with Crippen molar-refractivity contribution in [3.05, 3.63) is 36.0 Å². The van der Waals surface area contributed by atoms with Gasteiger partial charge in [0.1, 0.15) is 6.10 Å². The molecule has 1 aliphatic rings. The summed E-state index contributed by atoms with van der Waals surface area (Å²) in [6.45, 7) is 7.04. The van der Waals surface area contributed by atoms with Gasteiger partial charge in [-0.25, -0.2) is 0 Å². The van der Waals surface area contributed by atoms with Gasteiger partial charge in [-0.05, 0) is 31.3 Å². The maximum Gasteiger partial charge on any atom is 0.104 e. The lowest BCUT2D eigenvalue weighted by Crippen LogP contribution is -2.38. The number of allylic oxidation sites excluding steroid dienone is 5. The molecule has 0 amide bonds. The van der Waals surface area contributed by atoms with Crippen molar-refractivity contribution in [3.63, 3.8) is 0 Å². The Labute approximate surface area is 111 Å². The number of ether oxygens (including phenoxy) is 1.